The molecule has 0 aliphatic heterocycles. The van der Waals surface area contributed by atoms with Crippen molar-refractivity contribution in [3.63, 3.8) is 0 Å². The van der Waals surface area contributed by atoms with Gasteiger partial charge in [0.25, 0.3) is 0 Å². The molecule has 7 nitrogen and oxygen atoms in total. The van der Waals surface area contributed by atoms with E-state index in [2.05, 4.69) is 0 Å². The molecule has 0 aliphatic rings. The Hall–Kier alpha value is -0.0716. The van der Waals surface area contributed by atoms with Gasteiger partial charge < -0.3 is 29.7 Å². The van der Waals surface area contributed by atoms with Gasteiger partial charge >= 0.3 is 51.2 Å². The molecule has 16 heavy (non-hydrogen) atoms. The van der Waals surface area contributed by atoms with E-state index in [1.165, 1.54) is 0 Å². The van der Waals surface area contributed by atoms with Crippen molar-refractivity contribution < 1.29 is 80.9 Å². The molecule has 0 spiro atoms. The van der Waals surface area contributed by atoms with Gasteiger partial charge in [-0.15, -0.1) is 0 Å². The topological polar surface area (TPSA) is 124 Å². The quantitative estimate of drug-likeness (QED) is 0.422. The summed E-state index contributed by atoms with van der Waals surface area (Å²) >= 11 is 0. The zero-order valence-electron chi connectivity index (χ0n) is 7.42. The summed E-state index contributed by atoms with van der Waals surface area (Å²) in [5.74, 6) is -4.70. The average Bonchev–Trinajstić information content (AvgIpc) is 1.80. The first-order valence-electron chi connectivity index (χ1n) is 3.23. The maximum Gasteiger partial charge on any atom is 1.00 e. The summed E-state index contributed by atoms with van der Waals surface area (Å²) in [6.45, 7) is -2.37. The summed E-state index contributed by atoms with van der Waals surface area (Å²) in [5, 5.41) is 30.0. The normalized spacial score (nSPS) is 8.06. The van der Waals surface area contributed by atoms with E-state index in [4.69, 9.17) is 0 Å². The summed E-state index contributed by atoms with van der Waals surface area (Å²) in [5.41, 5.74) is 0. The van der Waals surface area contributed by atoms with Gasteiger partial charge in [0, 0.05) is 19.6 Å². The van der Waals surface area contributed by atoms with E-state index in [0.29, 0.717) is 4.90 Å². The third-order valence-electron chi connectivity index (χ3n) is 1.06. The maximum atomic E-state index is 9.99. The van der Waals surface area contributed by atoms with Crippen molar-refractivity contribution in [2.45, 2.75) is 0 Å². The van der Waals surface area contributed by atoms with Crippen molar-refractivity contribution in [2.24, 2.45) is 0 Å². The molecule has 104 valence electrons. The van der Waals surface area contributed by atoms with E-state index in [-0.39, 0.29) is 51.2 Å². The van der Waals surface area contributed by atoms with Crippen LogP contribution in [-0.4, -0.2) is 42.4 Å². The first-order valence-corrected chi connectivity index (χ1v) is 3.23. The number of carbonyl (C=O) groups excluding carboxylic acids is 3. The largest absolute Gasteiger partial charge is 1.00 e. The first kappa shape index (κ1) is 24.9. The number of rotatable bonds is 6. The van der Waals surface area contributed by atoms with Crippen molar-refractivity contribution in [2.75, 3.05) is 19.6 Å². The third-order valence-corrected chi connectivity index (χ3v) is 1.06. The molecule has 0 amide bonds. The number of hydrogen-bond donors (Lipinski definition) is 0. The molecule has 0 fully saturated rings. The number of hydrogen-bond acceptors (Lipinski definition) is 7. The number of aliphatic carboxylic acids is 3. The van der Waals surface area contributed by atoms with Gasteiger partial charge in [-0.25, -0.2) is 0 Å². The van der Waals surface area contributed by atoms with Gasteiger partial charge in [-0.3, -0.25) is 4.90 Å². The van der Waals surface area contributed by atoms with E-state index in [1.54, 1.807) is 0 Å². The molecule has 0 atom stereocenters. The molecule has 0 aromatic heterocycles. The van der Waals surface area contributed by atoms with Gasteiger partial charge in [0.2, 0.25) is 0 Å². The van der Waals surface area contributed by atoms with Crippen LogP contribution in [0.4, 0.5) is 0 Å². The van der Waals surface area contributed by atoms with Crippen LogP contribution >= 0.6 is 0 Å². The SMILES string of the molecule is O=C([O-])CN(CC(=O)[O-])CC(=O)[O-].[Cu+].[Cu+].[Cu+]. The van der Waals surface area contributed by atoms with Gasteiger partial charge in [-0.1, -0.05) is 0 Å². The molecule has 0 radical (unpaired) electrons. The number of carbonyl (C=O) groups is 3. The van der Waals surface area contributed by atoms with E-state index in [9.17, 15) is 29.7 Å². The Bertz CT molecular complexity index is 198. The zero-order valence-corrected chi connectivity index (χ0v) is 10.2. The predicted octanol–water partition coefficient (Wildman–Crippen LogP) is -5.47. The number of carboxylic acids is 3. The molecule has 0 heterocycles. The second-order valence-electron chi connectivity index (χ2n) is 2.26. The summed E-state index contributed by atoms with van der Waals surface area (Å²) < 4.78 is 0. The standard InChI is InChI=1S/C6H9NO6.3Cu/c8-4(9)1-7(2-5(10)11)3-6(12)13;;;/h1-3H2,(H,8,9)(H,10,11)(H,12,13);;;/q;3*+1/p-3. The minimum Gasteiger partial charge on any atom is -0.549 e. The fourth-order valence-corrected chi connectivity index (χ4v) is 0.715. The van der Waals surface area contributed by atoms with Crippen molar-refractivity contribution in [1.29, 1.82) is 0 Å². The molecule has 0 saturated carbocycles. The van der Waals surface area contributed by atoms with Crippen LogP contribution in [-0.2, 0) is 65.6 Å². The molecular weight excluding hydrogens is 373 g/mol. The van der Waals surface area contributed by atoms with Gasteiger partial charge in [0.05, 0.1) is 17.9 Å². The predicted molar refractivity (Wildman–Crippen MR) is 31.5 cm³/mol. The Morgan fingerprint density at radius 1 is 0.688 bits per heavy atom. The Morgan fingerprint density at radius 3 is 1.00 bits per heavy atom. The second-order valence-corrected chi connectivity index (χ2v) is 2.26. The van der Waals surface area contributed by atoms with E-state index in [1.807, 2.05) is 0 Å². The van der Waals surface area contributed by atoms with Crippen molar-refractivity contribution >= 4 is 17.9 Å². The molecule has 0 bridgehead atoms. The number of carboxylic acid groups (broad SMARTS) is 3. The maximum absolute atomic E-state index is 9.99. The Kier molecular flexibility index (Phi) is 20.3. The summed E-state index contributed by atoms with van der Waals surface area (Å²) in [4.78, 5) is 30.6. The van der Waals surface area contributed by atoms with Crippen LogP contribution in [0.5, 0.6) is 0 Å². The van der Waals surface area contributed by atoms with Crippen LogP contribution in [0.2, 0.25) is 0 Å². The fourth-order valence-electron chi connectivity index (χ4n) is 0.715. The van der Waals surface area contributed by atoms with Crippen molar-refractivity contribution in [3.8, 4) is 0 Å². The molecule has 0 aromatic rings. The van der Waals surface area contributed by atoms with Gasteiger partial charge in [-0.2, -0.15) is 0 Å². The summed E-state index contributed by atoms with van der Waals surface area (Å²) in [6.07, 6.45) is 0. The Labute approximate surface area is 123 Å². The molecule has 0 aliphatic carbocycles. The van der Waals surface area contributed by atoms with Crippen LogP contribution in [0, 0.1) is 0 Å². The van der Waals surface area contributed by atoms with Crippen LogP contribution in [0.25, 0.3) is 0 Å². The minimum atomic E-state index is -1.57. The summed E-state index contributed by atoms with van der Waals surface area (Å²) in [7, 11) is 0. The molecule has 10 heteroatoms. The van der Waals surface area contributed by atoms with Gasteiger partial charge in [-0.05, 0) is 0 Å². The van der Waals surface area contributed by atoms with E-state index in [0.717, 1.165) is 0 Å². The van der Waals surface area contributed by atoms with Crippen molar-refractivity contribution in [1.82, 2.24) is 4.90 Å². The third kappa shape index (κ3) is 16.4. The second kappa shape index (κ2) is 13.0. The van der Waals surface area contributed by atoms with E-state index >= 15 is 0 Å². The van der Waals surface area contributed by atoms with Crippen molar-refractivity contribution in [3.05, 3.63) is 0 Å². The van der Waals surface area contributed by atoms with Gasteiger partial charge in [0.1, 0.15) is 0 Å². The van der Waals surface area contributed by atoms with Gasteiger partial charge in [0.15, 0.2) is 0 Å². The van der Waals surface area contributed by atoms with Crippen LogP contribution < -0.4 is 15.3 Å². The Morgan fingerprint density at radius 2 is 0.875 bits per heavy atom. The molecular formula is C6H6Cu3NO6. The van der Waals surface area contributed by atoms with Crippen LogP contribution in [0.15, 0.2) is 0 Å². The fraction of sp³-hybridized carbons (Fsp3) is 0.500. The molecule has 0 aromatic carbocycles. The smallest absolute Gasteiger partial charge is 0.549 e. The zero-order chi connectivity index (χ0) is 10.4. The minimum absolute atomic E-state index is 0. The molecule has 0 rings (SSSR count). The summed E-state index contributed by atoms with van der Waals surface area (Å²) in [6, 6.07) is 0. The average molecular weight is 379 g/mol. The van der Waals surface area contributed by atoms with Crippen LogP contribution in [0.1, 0.15) is 0 Å². The molecule has 0 N–H and O–H groups in total. The molecule has 0 unspecified atom stereocenters. The first-order chi connectivity index (χ1) is 5.91. The number of nitrogens with zero attached hydrogens (tertiary/aromatic N) is 1. The van der Waals surface area contributed by atoms with Crippen LogP contribution in [0.3, 0.4) is 0 Å². The molecule has 0 saturated heterocycles. The van der Waals surface area contributed by atoms with E-state index < -0.39 is 37.5 Å². The monoisotopic (exact) mass is 377 g/mol. The Balaban J connectivity index is -0.000000240.